The van der Waals surface area contributed by atoms with Crippen LogP contribution in [0, 0.1) is 11.1 Å². The first-order valence-corrected chi connectivity index (χ1v) is 11.3. The molecule has 6 rings (SSSR count). The lowest BCUT2D eigenvalue weighted by Gasteiger charge is -2.68. The van der Waals surface area contributed by atoms with E-state index in [9.17, 15) is 20.2 Å². The van der Waals surface area contributed by atoms with E-state index in [-0.39, 0.29) is 28.8 Å². The highest BCUT2D eigenvalue weighted by atomic mass is 16.6. The van der Waals surface area contributed by atoms with Gasteiger partial charge in [-0.1, -0.05) is 6.07 Å². The summed E-state index contributed by atoms with van der Waals surface area (Å²) in [5.41, 5.74) is 0.389. The summed E-state index contributed by atoms with van der Waals surface area (Å²) in [6.07, 6.45) is 3.95. The number of aliphatic hydroxyl groups excluding tert-OH is 1. The number of aliphatic hydroxyl groups is 1. The van der Waals surface area contributed by atoms with Gasteiger partial charge >= 0.3 is 0 Å². The topological polar surface area (TPSA) is 99.1 Å². The van der Waals surface area contributed by atoms with Crippen molar-refractivity contribution in [3.63, 3.8) is 0 Å². The van der Waals surface area contributed by atoms with Crippen LogP contribution in [0.15, 0.2) is 12.1 Å². The largest absolute Gasteiger partial charge is 0.632 e. The highest BCUT2D eigenvalue weighted by molar-refractivity contribution is 5.90. The Bertz CT molecular complexity index is 915. The quantitative estimate of drug-likeness (QED) is 0.419. The lowest BCUT2D eigenvalue weighted by molar-refractivity contribution is -0.924. The van der Waals surface area contributed by atoms with Crippen LogP contribution in [0.1, 0.15) is 49.7 Å². The van der Waals surface area contributed by atoms with Crippen LogP contribution in [-0.4, -0.2) is 64.7 Å². The van der Waals surface area contributed by atoms with Gasteiger partial charge in [-0.3, -0.25) is 4.79 Å². The van der Waals surface area contributed by atoms with Crippen molar-refractivity contribution in [2.75, 3.05) is 26.3 Å². The summed E-state index contributed by atoms with van der Waals surface area (Å²) in [5.74, 6) is 0.990. The van der Waals surface area contributed by atoms with Gasteiger partial charge in [-0.25, -0.2) is 0 Å². The van der Waals surface area contributed by atoms with E-state index in [4.69, 9.17) is 9.47 Å². The highest BCUT2D eigenvalue weighted by Gasteiger charge is 2.77. The standard InChI is InChI=1S/C23H29NO6/c25-10-1-11-29-23-7-6-17(27)21-22(23)8-9-24(28,13-14-2-3-14)18(23)12-15-4-5-16(26)20(30-21)19(15)22/h4-5,14,18,21,25-26H,1-3,6-13H2/t18-,21+,22+,23?,24?/m1/s1. The molecule has 0 radical (unpaired) electrons. The molecule has 1 aromatic rings. The molecule has 2 bridgehead atoms. The molecular formula is C23H29NO6. The summed E-state index contributed by atoms with van der Waals surface area (Å²) in [4.78, 5) is 13.1. The molecule has 2 aliphatic heterocycles. The van der Waals surface area contributed by atoms with Crippen molar-refractivity contribution in [1.82, 2.24) is 0 Å². The summed E-state index contributed by atoms with van der Waals surface area (Å²) in [7, 11) is 0. The molecule has 2 saturated carbocycles. The third-order valence-corrected chi connectivity index (χ3v) is 8.47. The average Bonchev–Trinajstić information content (AvgIpc) is 3.45. The number of ether oxygens (including phenoxy) is 2. The summed E-state index contributed by atoms with van der Waals surface area (Å²) < 4.78 is 12.5. The summed E-state index contributed by atoms with van der Waals surface area (Å²) in [6, 6.07) is 3.23. The monoisotopic (exact) mass is 415 g/mol. The Morgan fingerprint density at radius 3 is 2.90 bits per heavy atom. The lowest BCUT2D eigenvalue weighted by atomic mass is 9.48. The number of rotatable bonds is 6. The molecule has 0 aromatic heterocycles. The molecule has 162 valence electrons. The van der Waals surface area contributed by atoms with Crippen molar-refractivity contribution in [1.29, 1.82) is 0 Å². The highest BCUT2D eigenvalue weighted by Crippen LogP contribution is 2.67. The van der Waals surface area contributed by atoms with Crippen molar-refractivity contribution in [3.8, 4) is 11.5 Å². The van der Waals surface area contributed by atoms with Crippen LogP contribution in [0.4, 0.5) is 0 Å². The smallest absolute Gasteiger partial charge is 0.174 e. The fourth-order valence-electron chi connectivity index (χ4n) is 7.12. The molecule has 0 amide bonds. The molecule has 5 atom stereocenters. The maximum absolute atomic E-state index is 14.3. The number of ketones is 1. The number of phenolic OH excluding ortho intramolecular Hbond substituents is 1. The Balaban J connectivity index is 1.57. The second kappa shape index (κ2) is 6.19. The van der Waals surface area contributed by atoms with Gasteiger partial charge in [0.2, 0.25) is 0 Å². The summed E-state index contributed by atoms with van der Waals surface area (Å²) in [5, 5.41) is 34.2. The second-order valence-electron chi connectivity index (χ2n) is 9.97. The van der Waals surface area contributed by atoms with E-state index in [0.717, 1.165) is 24.0 Å². The number of quaternary nitrogens is 1. The van der Waals surface area contributed by atoms with Crippen LogP contribution in [0.25, 0.3) is 0 Å². The molecule has 2 unspecified atom stereocenters. The van der Waals surface area contributed by atoms with Gasteiger partial charge in [0.25, 0.3) is 0 Å². The number of Topliss-reactive ketones (excluding diaryl/α,β-unsaturated/α-hetero) is 1. The summed E-state index contributed by atoms with van der Waals surface area (Å²) in [6.45, 7) is 1.44. The van der Waals surface area contributed by atoms with Crippen LogP contribution in [-0.2, 0) is 21.4 Å². The maximum Gasteiger partial charge on any atom is 0.174 e. The predicted molar refractivity (Wildman–Crippen MR) is 107 cm³/mol. The second-order valence-corrected chi connectivity index (χ2v) is 9.97. The molecule has 1 spiro atoms. The lowest BCUT2D eigenvalue weighted by Crippen LogP contribution is -2.81. The zero-order valence-corrected chi connectivity index (χ0v) is 17.1. The minimum Gasteiger partial charge on any atom is -0.632 e. The fourth-order valence-corrected chi connectivity index (χ4v) is 7.12. The molecule has 3 fully saturated rings. The van der Waals surface area contributed by atoms with Gasteiger partial charge in [0.1, 0.15) is 11.6 Å². The van der Waals surface area contributed by atoms with E-state index in [0.29, 0.717) is 63.5 Å². The van der Waals surface area contributed by atoms with Gasteiger partial charge < -0.3 is 29.5 Å². The van der Waals surface area contributed by atoms with Crippen LogP contribution in [0.3, 0.4) is 0 Å². The first-order valence-electron chi connectivity index (χ1n) is 11.3. The molecule has 2 N–H and O–H groups in total. The fraction of sp³-hybridized carbons (Fsp3) is 0.696. The molecule has 2 heterocycles. The van der Waals surface area contributed by atoms with Crippen LogP contribution < -0.4 is 4.74 Å². The normalized spacial score (nSPS) is 40.8. The third-order valence-electron chi connectivity index (χ3n) is 8.47. The van der Waals surface area contributed by atoms with Gasteiger partial charge in [-0.15, -0.1) is 0 Å². The number of likely N-dealkylation sites (tertiary alicyclic amines) is 1. The van der Waals surface area contributed by atoms with E-state index in [1.54, 1.807) is 6.07 Å². The zero-order chi connectivity index (χ0) is 20.7. The molecule has 5 aliphatic rings. The van der Waals surface area contributed by atoms with Gasteiger partial charge in [0.15, 0.2) is 23.4 Å². The number of phenols is 1. The van der Waals surface area contributed by atoms with Gasteiger partial charge in [-0.05, 0) is 37.3 Å². The van der Waals surface area contributed by atoms with E-state index < -0.39 is 17.1 Å². The number of carbonyl (C=O) groups is 1. The van der Waals surface area contributed by atoms with Crippen LogP contribution >= 0.6 is 0 Å². The Morgan fingerprint density at radius 2 is 2.13 bits per heavy atom. The molecule has 1 aromatic carbocycles. The number of carbonyl (C=O) groups excluding carboxylic acids is 1. The van der Waals surface area contributed by atoms with E-state index in [1.165, 1.54) is 0 Å². The zero-order valence-electron chi connectivity index (χ0n) is 17.1. The summed E-state index contributed by atoms with van der Waals surface area (Å²) >= 11 is 0. The maximum atomic E-state index is 14.3. The van der Waals surface area contributed by atoms with Crippen molar-refractivity contribution in [2.24, 2.45) is 5.92 Å². The first-order chi connectivity index (χ1) is 14.5. The minimum absolute atomic E-state index is 0.0225. The van der Waals surface area contributed by atoms with Crippen molar-refractivity contribution in [2.45, 2.75) is 68.1 Å². The number of hydrogen-bond donors (Lipinski definition) is 2. The molecule has 7 heteroatoms. The van der Waals surface area contributed by atoms with Crippen LogP contribution in [0.2, 0.25) is 0 Å². The number of aromatic hydroxyl groups is 1. The number of nitrogens with zero attached hydrogens (tertiary/aromatic N) is 1. The minimum atomic E-state index is -0.804. The number of hydroxylamine groups is 3. The van der Waals surface area contributed by atoms with Gasteiger partial charge in [0, 0.05) is 44.0 Å². The number of benzene rings is 1. The number of hydrogen-bond acceptors (Lipinski definition) is 6. The third kappa shape index (κ3) is 2.22. The molecular weight excluding hydrogens is 386 g/mol. The molecule has 3 aliphatic carbocycles. The Labute approximate surface area is 175 Å². The van der Waals surface area contributed by atoms with E-state index in [2.05, 4.69) is 0 Å². The Kier molecular flexibility index (Phi) is 3.93. The van der Waals surface area contributed by atoms with Crippen LogP contribution in [0.5, 0.6) is 11.5 Å². The van der Waals surface area contributed by atoms with Crippen molar-refractivity contribution < 1.29 is 29.1 Å². The molecule has 7 nitrogen and oxygen atoms in total. The van der Waals surface area contributed by atoms with E-state index in [1.807, 2.05) is 6.07 Å². The first kappa shape index (κ1) is 19.0. The van der Waals surface area contributed by atoms with Gasteiger partial charge in [0.05, 0.1) is 18.5 Å². The SMILES string of the molecule is O=C1CCC2(OCCCO)[C@H]3Cc4ccc(O)c5c4[C@@]2(CC[N+]3([O-])CC2CC2)[C@H]1O5. The van der Waals surface area contributed by atoms with Gasteiger partial charge in [-0.2, -0.15) is 0 Å². The molecule has 30 heavy (non-hydrogen) atoms. The molecule has 1 saturated heterocycles. The predicted octanol–water partition coefficient (Wildman–Crippen LogP) is 1.94. The van der Waals surface area contributed by atoms with E-state index >= 15 is 0 Å². The van der Waals surface area contributed by atoms with Crippen molar-refractivity contribution in [3.05, 3.63) is 28.5 Å². The average molecular weight is 415 g/mol. The Morgan fingerprint density at radius 1 is 1.30 bits per heavy atom. The van der Waals surface area contributed by atoms with Crippen molar-refractivity contribution >= 4 is 5.78 Å². The number of piperidine rings is 1. The Hall–Kier alpha value is -1.67.